The van der Waals surface area contributed by atoms with E-state index in [1.807, 2.05) is 0 Å². The fourth-order valence-corrected chi connectivity index (χ4v) is 1.72. The Morgan fingerprint density at radius 2 is 2.17 bits per heavy atom. The summed E-state index contributed by atoms with van der Waals surface area (Å²) in [6.45, 7) is 6.86. The van der Waals surface area contributed by atoms with Gasteiger partial charge in [0.05, 0.1) is 5.71 Å². The van der Waals surface area contributed by atoms with Gasteiger partial charge in [-0.1, -0.05) is 11.3 Å². The molecule has 0 saturated heterocycles. The van der Waals surface area contributed by atoms with Crippen molar-refractivity contribution in [2.45, 2.75) is 33.3 Å². The van der Waals surface area contributed by atoms with E-state index in [1.165, 1.54) is 0 Å². The van der Waals surface area contributed by atoms with E-state index in [-0.39, 0.29) is 11.0 Å². The first-order valence-electron chi connectivity index (χ1n) is 5.18. The van der Waals surface area contributed by atoms with Crippen LogP contribution in [0.15, 0.2) is 5.10 Å². The number of anilines is 1. The van der Waals surface area contributed by atoms with Crippen LogP contribution in [0.5, 0.6) is 5.88 Å². The minimum absolute atomic E-state index is 0.204. The van der Waals surface area contributed by atoms with E-state index >= 15 is 0 Å². The molecule has 1 aromatic heterocycles. The number of nitrogens with two attached hydrogens (primary N) is 1. The predicted molar refractivity (Wildman–Crippen MR) is 69.8 cm³/mol. The molecule has 0 fully saturated rings. The average Bonchev–Trinajstić information content (AvgIpc) is 2.52. The molecule has 0 aliphatic heterocycles. The first kappa shape index (κ1) is 14.2. The van der Waals surface area contributed by atoms with E-state index in [0.717, 1.165) is 11.3 Å². The fourth-order valence-electron chi connectivity index (χ4n) is 1.05. The highest BCUT2D eigenvalue weighted by Crippen LogP contribution is 2.26. The minimum Gasteiger partial charge on any atom is -0.492 e. The summed E-state index contributed by atoms with van der Waals surface area (Å²) in [5.74, 6) is -0.204. The Morgan fingerprint density at radius 1 is 1.56 bits per heavy atom. The first-order chi connectivity index (χ1) is 8.19. The van der Waals surface area contributed by atoms with Crippen LogP contribution in [0.3, 0.4) is 0 Å². The van der Waals surface area contributed by atoms with E-state index in [1.54, 1.807) is 27.7 Å². The van der Waals surface area contributed by atoms with Crippen LogP contribution in [-0.4, -0.2) is 27.5 Å². The molecule has 8 heteroatoms. The number of nitrogens with zero attached hydrogens (tertiary/aromatic N) is 2. The van der Waals surface area contributed by atoms with E-state index in [2.05, 4.69) is 15.5 Å². The van der Waals surface area contributed by atoms with Gasteiger partial charge in [0.1, 0.15) is 10.5 Å². The van der Waals surface area contributed by atoms with Gasteiger partial charge in [-0.2, -0.15) is 10.1 Å². The third-order valence-electron chi connectivity index (χ3n) is 1.67. The number of nitrogen functional groups attached to an aromatic ring is 1. The number of hydrogen-bond acceptors (Lipinski definition) is 7. The van der Waals surface area contributed by atoms with Crippen LogP contribution in [0, 0.1) is 0 Å². The molecule has 1 aromatic rings. The summed E-state index contributed by atoms with van der Waals surface area (Å²) >= 11 is 1.08. The number of aromatic hydroxyl groups is 1. The molecule has 0 radical (unpaired) electrons. The zero-order valence-corrected chi connectivity index (χ0v) is 11.5. The first-order valence-corrected chi connectivity index (χ1v) is 5.99. The molecule has 0 unspecified atom stereocenters. The van der Waals surface area contributed by atoms with Gasteiger partial charge in [-0.3, -0.25) is 0 Å². The number of nitrogens with one attached hydrogen (secondary N) is 1. The zero-order valence-electron chi connectivity index (χ0n) is 10.6. The van der Waals surface area contributed by atoms with Gasteiger partial charge in [0, 0.05) is 0 Å². The molecule has 0 spiro atoms. The summed E-state index contributed by atoms with van der Waals surface area (Å²) in [4.78, 5) is 15.4. The van der Waals surface area contributed by atoms with E-state index in [9.17, 15) is 9.90 Å². The molecule has 0 aliphatic rings. The molecule has 0 aromatic carbocycles. The number of hydrazone groups is 1. The average molecular weight is 272 g/mol. The van der Waals surface area contributed by atoms with Gasteiger partial charge in [0.25, 0.3) is 0 Å². The van der Waals surface area contributed by atoms with Crippen molar-refractivity contribution in [3.05, 3.63) is 4.88 Å². The number of rotatable bonds is 2. The van der Waals surface area contributed by atoms with Gasteiger partial charge in [-0.15, -0.1) is 0 Å². The maximum Gasteiger partial charge on any atom is 0.428 e. The summed E-state index contributed by atoms with van der Waals surface area (Å²) in [6.07, 6.45) is -0.668. The lowest BCUT2D eigenvalue weighted by Crippen LogP contribution is -2.30. The standard InChI is InChI=1S/C10H16N4O3S/c1-5(6-7(15)12-8(11)18-6)13-14-9(16)17-10(2,3)4/h15H,1-4H3,(H2,11,12)(H,14,16)/b13-5+. The second-order valence-electron chi connectivity index (χ2n) is 4.52. The Balaban J connectivity index is 2.68. The smallest absolute Gasteiger partial charge is 0.428 e. The largest absolute Gasteiger partial charge is 0.492 e. The molecule has 0 aliphatic carbocycles. The number of hydrogen-bond donors (Lipinski definition) is 3. The summed E-state index contributed by atoms with van der Waals surface area (Å²) in [6, 6.07) is 0. The number of thiazole rings is 1. The maximum atomic E-state index is 11.3. The number of carbonyl (C=O) groups is 1. The van der Waals surface area contributed by atoms with Crippen molar-refractivity contribution in [1.29, 1.82) is 0 Å². The van der Waals surface area contributed by atoms with Gasteiger partial charge >= 0.3 is 6.09 Å². The quantitative estimate of drug-likeness (QED) is 0.560. The van der Waals surface area contributed by atoms with E-state index < -0.39 is 11.7 Å². The van der Waals surface area contributed by atoms with Crippen LogP contribution in [-0.2, 0) is 4.74 Å². The number of amides is 1. The SMILES string of the molecule is C/C(=N\NC(=O)OC(C)(C)C)c1sc(N)nc1O. The Hall–Kier alpha value is -1.83. The summed E-state index contributed by atoms with van der Waals surface area (Å²) in [7, 11) is 0. The lowest BCUT2D eigenvalue weighted by Gasteiger charge is -2.18. The molecule has 18 heavy (non-hydrogen) atoms. The Morgan fingerprint density at radius 3 is 2.61 bits per heavy atom. The second kappa shape index (κ2) is 5.21. The lowest BCUT2D eigenvalue weighted by atomic mass is 10.2. The highest BCUT2D eigenvalue weighted by atomic mass is 32.1. The minimum atomic E-state index is -0.668. The van der Waals surface area contributed by atoms with Crippen LogP contribution >= 0.6 is 11.3 Å². The normalized spacial score (nSPS) is 12.3. The Labute approximate surface area is 109 Å². The lowest BCUT2D eigenvalue weighted by molar-refractivity contribution is 0.0529. The molecular formula is C10H16N4O3S. The zero-order chi connectivity index (χ0) is 13.9. The van der Waals surface area contributed by atoms with Gasteiger partial charge in [0.2, 0.25) is 5.88 Å². The van der Waals surface area contributed by atoms with Crippen molar-refractivity contribution in [2.75, 3.05) is 5.73 Å². The summed E-state index contributed by atoms with van der Waals surface area (Å²) < 4.78 is 5.00. The predicted octanol–water partition coefficient (Wildman–Crippen LogP) is 1.68. The van der Waals surface area contributed by atoms with Gasteiger partial charge in [-0.25, -0.2) is 10.2 Å². The number of ether oxygens (including phenoxy) is 1. The highest BCUT2D eigenvalue weighted by Gasteiger charge is 2.16. The van der Waals surface area contributed by atoms with E-state index in [0.29, 0.717) is 10.6 Å². The van der Waals surface area contributed by atoms with Crippen LogP contribution in [0.4, 0.5) is 9.93 Å². The van der Waals surface area contributed by atoms with Crippen LogP contribution < -0.4 is 11.2 Å². The molecule has 4 N–H and O–H groups in total. The van der Waals surface area contributed by atoms with Crippen molar-refractivity contribution in [1.82, 2.24) is 10.4 Å². The molecule has 1 rings (SSSR count). The maximum absolute atomic E-state index is 11.3. The van der Waals surface area contributed by atoms with Crippen molar-refractivity contribution >= 4 is 28.3 Å². The topological polar surface area (TPSA) is 110 Å². The monoisotopic (exact) mass is 272 g/mol. The van der Waals surface area contributed by atoms with Gasteiger partial charge < -0.3 is 15.6 Å². The highest BCUT2D eigenvalue weighted by molar-refractivity contribution is 7.17. The summed E-state index contributed by atoms with van der Waals surface area (Å²) in [5, 5.41) is 13.5. The van der Waals surface area contributed by atoms with Crippen molar-refractivity contribution in [2.24, 2.45) is 5.10 Å². The van der Waals surface area contributed by atoms with Crippen molar-refractivity contribution < 1.29 is 14.6 Å². The third-order valence-corrected chi connectivity index (χ3v) is 2.65. The molecular weight excluding hydrogens is 256 g/mol. The molecule has 1 heterocycles. The second-order valence-corrected chi connectivity index (χ2v) is 5.55. The van der Waals surface area contributed by atoms with Crippen LogP contribution in [0.2, 0.25) is 0 Å². The number of carbonyl (C=O) groups excluding carboxylic acids is 1. The van der Waals surface area contributed by atoms with Gasteiger partial charge in [-0.05, 0) is 27.7 Å². The fraction of sp³-hybridized carbons (Fsp3) is 0.500. The third kappa shape index (κ3) is 4.21. The number of aromatic nitrogens is 1. The Bertz CT molecular complexity index is 476. The van der Waals surface area contributed by atoms with E-state index in [4.69, 9.17) is 10.5 Å². The summed E-state index contributed by atoms with van der Waals surface area (Å²) in [5.41, 5.74) is 7.47. The molecule has 1 amide bonds. The van der Waals surface area contributed by atoms with Crippen LogP contribution in [0.1, 0.15) is 32.6 Å². The van der Waals surface area contributed by atoms with Crippen molar-refractivity contribution in [3.63, 3.8) is 0 Å². The van der Waals surface area contributed by atoms with Crippen LogP contribution in [0.25, 0.3) is 0 Å². The van der Waals surface area contributed by atoms with Gasteiger partial charge in [0.15, 0.2) is 5.13 Å². The Kier molecular flexibility index (Phi) is 4.12. The molecule has 7 nitrogen and oxygen atoms in total. The molecule has 0 bridgehead atoms. The van der Waals surface area contributed by atoms with Crippen molar-refractivity contribution in [3.8, 4) is 5.88 Å². The molecule has 0 saturated carbocycles. The molecule has 0 atom stereocenters. The molecule has 100 valence electrons.